The zero-order chi connectivity index (χ0) is 12.7. The summed E-state index contributed by atoms with van der Waals surface area (Å²) in [5, 5.41) is 0. The van der Waals surface area contributed by atoms with Crippen LogP contribution < -0.4 is 0 Å². The van der Waals surface area contributed by atoms with Crippen molar-refractivity contribution in [1.82, 2.24) is 0 Å². The maximum Gasteiger partial charge on any atom is 0.136 e. The Morgan fingerprint density at radius 3 is 1.53 bits per heavy atom. The number of allylic oxidation sites excluding steroid dienone is 2. The average Bonchev–Trinajstić information content (AvgIpc) is 2.61. The highest BCUT2D eigenvalue weighted by Crippen LogP contribution is 2.23. The summed E-state index contributed by atoms with van der Waals surface area (Å²) in [7, 11) is 3.49. The van der Waals surface area contributed by atoms with Crippen LogP contribution >= 0.6 is 0 Å². The van der Waals surface area contributed by atoms with E-state index < -0.39 is 0 Å². The summed E-state index contributed by atoms with van der Waals surface area (Å²) < 4.78 is 5.78. The lowest BCUT2D eigenvalue weighted by atomic mass is 10.1. The smallest absolute Gasteiger partial charge is 0.136 e. The second-order valence-corrected chi connectivity index (χ2v) is 3.43. The largest absolute Gasteiger partial charge is 0.456 e. The second-order valence-electron chi connectivity index (χ2n) is 3.43. The molecule has 1 aromatic heterocycles. The molecule has 0 fully saturated rings. The van der Waals surface area contributed by atoms with E-state index in [0.717, 1.165) is 22.6 Å². The normalized spacial score (nSPS) is 12.9. The van der Waals surface area contributed by atoms with Crippen LogP contribution in [0.4, 0.5) is 0 Å². The van der Waals surface area contributed by atoms with E-state index in [-0.39, 0.29) is 0 Å². The van der Waals surface area contributed by atoms with Crippen LogP contribution in [0.5, 0.6) is 0 Å². The van der Waals surface area contributed by atoms with E-state index in [4.69, 9.17) is 4.42 Å². The summed E-state index contributed by atoms with van der Waals surface area (Å²) in [6.45, 7) is 3.91. The zero-order valence-corrected chi connectivity index (χ0v) is 10.8. The van der Waals surface area contributed by atoms with Crippen LogP contribution in [-0.4, -0.2) is 26.5 Å². The molecular weight excluding hydrogens is 212 g/mol. The monoisotopic (exact) mass is 230 g/mol. The van der Waals surface area contributed by atoms with Crippen molar-refractivity contribution in [2.24, 2.45) is 9.98 Å². The van der Waals surface area contributed by atoms with Crippen LogP contribution in [-0.2, 0) is 0 Å². The van der Waals surface area contributed by atoms with Gasteiger partial charge in [0.05, 0.1) is 0 Å². The summed E-state index contributed by atoms with van der Waals surface area (Å²) in [5.41, 5.74) is 1.92. The first-order valence-electron chi connectivity index (χ1n) is 5.55. The van der Waals surface area contributed by atoms with Gasteiger partial charge in [0.25, 0.3) is 0 Å². The van der Waals surface area contributed by atoms with E-state index in [0.29, 0.717) is 0 Å². The molecule has 0 saturated heterocycles. The number of hydrogen-bond acceptors (Lipinski definition) is 3. The van der Waals surface area contributed by atoms with E-state index in [1.807, 2.05) is 38.2 Å². The van der Waals surface area contributed by atoms with Gasteiger partial charge in [-0.3, -0.25) is 9.98 Å². The highest BCUT2D eigenvalue weighted by atomic mass is 16.3. The summed E-state index contributed by atoms with van der Waals surface area (Å²) >= 11 is 0. The van der Waals surface area contributed by atoms with E-state index in [1.165, 1.54) is 0 Å². The van der Waals surface area contributed by atoms with Crippen molar-refractivity contribution in [1.29, 1.82) is 0 Å². The van der Waals surface area contributed by atoms with Crippen molar-refractivity contribution in [2.75, 3.05) is 14.1 Å². The molecule has 0 aromatic carbocycles. The van der Waals surface area contributed by atoms with Gasteiger partial charge in [-0.15, -0.1) is 0 Å². The summed E-state index contributed by atoms with van der Waals surface area (Å²) in [4.78, 5) is 8.12. The highest BCUT2D eigenvalue weighted by molar-refractivity contribution is 5.99. The fourth-order valence-electron chi connectivity index (χ4n) is 1.57. The molecule has 0 amide bonds. The van der Waals surface area contributed by atoms with Crippen LogP contribution in [0.3, 0.4) is 0 Å². The van der Waals surface area contributed by atoms with Crippen LogP contribution in [0, 0.1) is 0 Å². The molecule has 17 heavy (non-hydrogen) atoms. The van der Waals surface area contributed by atoms with E-state index in [2.05, 4.69) is 9.98 Å². The molecule has 0 unspecified atom stereocenters. The van der Waals surface area contributed by atoms with E-state index in [1.54, 1.807) is 26.5 Å². The van der Waals surface area contributed by atoms with Gasteiger partial charge in [0.15, 0.2) is 0 Å². The number of aliphatic imine (C=N–C) groups is 2. The van der Waals surface area contributed by atoms with Gasteiger partial charge in [-0.2, -0.15) is 0 Å². The van der Waals surface area contributed by atoms with Crippen molar-refractivity contribution in [3.05, 3.63) is 34.8 Å². The summed E-state index contributed by atoms with van der Waals surface area (Å²) in [6.07, 6.45) is 11.3. The Morgan fingerprint density at radius 2 is 1.24 bits per heavy atom. The quantitative estimate of drug-likeness (QED) is 0.730. The van der Waals surface area contributed by atoms with Crippen molar-refractivity contribution in [3.63, 3.8) is 0 Å². The van der Waals surface area contributed by atoms with Gasteiger partial charge >= 0.3 is 0 Å². The third kappa shape index (κ3) is 3.03. The molecule has 0 saturated carbocycles. The fourth-order valence-corrected chi connectivity index (χ4v) is 1.57. The Balaban J connectivity index is 3.47. The molecule has 1 aromatic rings. The van der Waals surface area contributed by atoms with Crippen LogP contribution in [0.1, 0.15) is 36.5 Å². The Kier molecular flexibility index (Phi) is 5.14. The van der Waals surface area contributed by atoms with Gasteiger partial charge in [0.2, 0.25) is 0 Å². The molecule has 90 valence electrons. The average molecular weight is 230 g/mol. The SMILES string of the molecule is C/C=C\c1oc(/C=C\C)c(/C=N\C)c1/C=N\C. The number of nitrogens with zero attached hydrogens (tertiary/aromatic N) is 2. The number of furan rings is 1. The predicted octanol–water partition coefficient (Wildman–Crippen LogP) is 3.44. The van der Waals surface area contributed by atoms with Gasteiger partial charge in [-0.1, -0.05) is 12.2 Å². The Hall–Kier alpha value is -1.90. The molecule has 0 aliphatic carbocycles. The Bertz CT molecular complexity index is 434. The van der Waals surface area contributed by atoms with Crippen LogP contribution in [0.15, 0.2) is 26.6 Å². The van der Waals surface area contributed by atoms with Crippen molar-refractivity contribution >= 4 is 24.6 Å². The second kappa shape index (κ2) is 6.63. The van der Waals surface area contributed by atoms with Gasteiger partial charge < -0.3 is 4.42 Å². The molecule has 0 atom stereocenters. The molecule has 0 aliphatic rings. The minimum Gasteiger partial charge on any atom is -0.456 e. The molecule has 0 spiro atoms. The lowest BCUT2D eigenvalue weighted by molar-refractivity contribution is 0.546. The molecule has 3 nitrogen and oxygen atoms in total. The molecule has 1 heterocycles. The third-order valence-electron chi connectivity index (χ3n) is 2.19. The molecular formula is C14H18N2O. The first-order chi connectivity index (χ1) is 8.28. The minimum atomic E-state index is 0.807. The van der Waals surface area contributed by atoms with Gasteiger partial charge in [-0.05, 0) is 26.0 Å². The molecule has 0 N–H and O–H groups in total. The highest BCUT2D eigenvalue weighted by Gasteiger charge is 2.13. The van der Waals surface area contributed by atoms with Gasteiger partial charge in [-0.25, -0.2) is 0 Å². The lowest BCUT2D eigenvalue weighted by Gasteiger charge is -1.92. The third-order valence-corrected chi connectivity index (χ3v) is 2.19. The zero-order valence-electron chi connectivity index (χ0n) is 10.8. The van der Waals surface area contributed by atoms with Crippen molar-refractivity contribution in [3.8, 4) is 0 Å². The molecule has 1 rings (SSSR count). The first kappa shape index (κ1) is 13.2. The van der Waals surface area contributed by atoms with E-state index in [9.17, 15) is 0 Å². The van der Waals surface area contributed by atoms with E-state index >= 15 is 0 Å². The Labute approximate surface area is 102 Å². The van der Waals surface area contributed by atoms with Crippen LogP contribution in [0.25, 0.3) is 12.2 Å². The van der Waals surface area contributed by atoms with Gasteiger partial charge in [0.1, 0.15) is 11.5 Å². The number of rotatable bonds is 4. The van der Waals surface area contributed by atoms with Crippen molar-refractivity contribution < 1.29 is 4.42 Å². The summed E-state index contributed by atoms with van der Waals surface area (Å²) in [5.74, 6) is 1.61. The standard InChI is InChI=1S/C14H18N2O/c1-5-7-13-11(9-15-3)12(10-16-4)14(17-13)8-6-2/h5-10H,1-4H3/b7-5-,8-6-,15-9-,16-10-. The van der Waals surface area contributed by atoms with Crippen molar-refractivity contribution in [2.45, 2.75) is 13.8 Å². The molecule has 0 radical (unpaired) electrons. The van der Waals surface area contributed by atoms with Gasteiger partial charge in [0, 0.05) is 37.7 Å². The lowest BCUT2D eigenvalue weighted by Crippen LogP contribution is -1.90. The van der Waals surface area contributed by atoms with Crippen LogP contribution in [0.2, 0.25) is 0 Å². The fraction of sp³-hybridized carbons (Fsp3) is 0.286. The maximum absolute atomic E-state index is 5.78. The molecule has 0 bridgehead atoms. The summed E-state index contributed by atoms with van der Waals surface area (Å²) in [6, 6.07) is 0. The molecule has 0 aliphatic heterocycles. The maximum atomic E-state index is 5.78. The predicted molar refractivity (Wildman–Crippen MR) is 75.2 cm³/mol. The Morgan fingerprint density at radius 1 is 0.824 bits per heavy atom. The molecule has 3 heteroatoms. The first-order valence-corrected chi connectivity index (χ1v) is 5.55. The topological polar surface area (TPSA) is 37.9 Å². The minimum absolute atomic E-state index is 0.807. The number of hydrogen-bond donors (Lipinski definition) is 0.